The number of aromatic hydroxyl groups is 1. The predicted octanol–water partition coefficient (Wildman–Crippen LogP) is 6.63. The van der Waals surface area contributed by atoms with Crippen molar-refractivity contribution in [2.45, 2.75) is 32.6 Å². The summed E-state index contributed by atoms with van der Waals surface area (Å²) in [5, 5.41) is 11.1. The van der Waals surface area contributed by atoms with Gasteiger partial charge in [0.2, 0.25) is 0 Å². The lowest BCUT2D eigenvalue weighted by Crippen LogP contribution is -2.33. The maximum Gasteiger partial charge on any atom is 0.195 e. The van der Waals surface area contributed by atoms with Crippen LogP contribution in [0.2, 0.25) is 0 Å². The maximum atomic E-state index is 14.0. The Morgan fingerprint density at radius 3 is 2.32 bits per heavy atom. The van der Waals surface area contributed by atoms with Gasteiger partial charge in [-0.15, -0.1) is 12.4 Å². The van der Waals surface area contributed by atoms with E-state index in [1.54, 1.807) is 19.2 Å². The normalized spacial score (nSPS) is 13.7. The molecule has 0 bridgehead atoms. The minimum atomic E-state index is -0.0719. The molecule has 0 spiro atoms. The van der Waals surface area contributed by atoms with E-state index < -0.39 is 0 Å². The number of phenolic OH excluding ortho intramolecular Hbond substituents is 1. The first-order chi connectivity index (χ1) is 18.1. The zero-order chi connectivity index (χ0) is 25.8. The monoisotopic (exact) mass is 534 g/mol. The van der Waals surface area contributed by atoms with Crippen LogP contribution in [0.3, 0.4) is 0 Å². The van der Waals surface area contributed by atoms with Crippen LogP contribution >= 0.6 is 12.4 Å². The highest BCUT2D eigenvalue weighted by atomic mass is 35.5. The molecule has 1 aromatic heterocycles. The van der Waals surface area contributed by atoms with Crippen LogP contribution < -0.4 is 9.47 Å². The molecule has 0 unspecified atom stereocenters. The number of rotatable bonds is 9. The second-order valence-corrected chi connectivity index (χ2v) is 9.59. The second kappa shape index (κ2) is 12.4. The number of halogens is 1. The summed E-state index contributed by atoms with van der Waals surface area (Å²) >= 11 is 0. The molecule has 0 saturated carbocycles. The molecule has 1 aliphatic heterocycles. The smallest absolute Gasteiger partial charge is 0.195 e. The number of nitrogens with one attached hydrogen (secondary N) is 1. The van der Waals surface area contributed by atoms with Crippen LogP contribution in [0.1, 0.15) is 47.7 Å². The number of benzene rings is 3. The molecule has 2 N–H and O–H groups in total. The van der Waals surface area contributed by atoms with Crippen LogP contribution in [0.4, 0.5) is 0 Å². The number of phenols is 1. The fourth-order valence-corrected chi connectivity index (χ4v) is 5.20. The highest BCUT2D eigenvalue weighted by Gasteiger charge is 2.23. The first-order valence-corrected chi connectivity index (χ1v) is 13.1. The Morgan fingerprint density at radius 2 is 1.66 bits per heavy atom. The number of carbonyl (C=O) groups is 1. The number of aryl methyl sites for hydroxylation is 1. The van der Waals surface area contributed by atoms with Crippen molar-refractivity contribution < 1.29 is 19.4 Å². The van der Waals surface area contributed by atoms with Gasteiger partial charge >= 0.3 is 0 Å². The van der Waals surface area contributed by atoms with E-state index >= 15 is 0 Å². The van der Waals surface area contributed by atoms with E-state index in [2.05, 4.69) is 9.88 Å². The molecule has 7 heteroatoms. The minimum Gasteiger partial charge on any atom is -0.508 e. The molecular weight excluding hydrogens is 500 g/mol. The lowest BCUT2D eigenvalue weighted by atomic mass is 9.94. The fraction of sp³-hybridized carbons (Fsp3) is 0.323. The molecule has 0 aliphatic carbocycles. The fourth-order valence-electron chi connectivity index (χ4n) is 5.20. The zero-order valence-corrected chi connectivity index (χ0v) is 22.8. The lowest BCUT2D eigenvalue weighted by Gasteiger charge is -2.26. The predicted molar refractivity (Wildman–Crippen MR) is 154 cm³/mol. The number of methoxy groups -OCH3 is 1. The van der Waals surface area contributed by atoms with Crippen LogP contribution in [0.25, 0.3) is 22.2 Å². The third kappa shape index (κ3) is 5.82. The van der Waals surface area contributed by atoms with E-state index in [1.165, 1.54) is 19.3 Å². The number of hydrogen-bond acceptors (Lipinski definition) is 5. The number of aromatic amines is 1. The van der Waals surface area contributed by atoms with Gasteiger partial charge in [-0.2, -0.15) is 0 Å². The number of hydrogen-bond donors (Lipinski definition) is 2. The van der Waals surface area contributed by atoms with Crippen molar-refractivity contribution in [1.82, 2.24) is 9.88 Å². The number of ketones is 1. The summed E-state index contributed by atoms with van der Waals surface area (Å²) in [4.78, 5) is 19.8. The Bertz CT molecular complexity index is 1370. The van der Waals surface area contributed by atoms with Crippen LogP contribution in [-0.2, 0) is 6.42 Å². The molecule has 200 valence electrons. The van der Waals surface area contributed by atoms with Crippen LogP contribution in [0.5, 0.6) is 17.2 Å². The largest absolute Gasteiger partial charge is 0.508 e. The van der Waals surface area contributed by atoms with Gasteiger partial charge in [-0.3, -0.25) is 9.69 Å². The molecule has 38 heavy (non-hydrogen) atoms. The van der Waals surface area contributed by atoms with E-state index in [4.69, 9.17) is 9.47 Å². The lowest BCUT2D eigenvalue weighted by molar-refractivity contribution is 0.104. The molecule has 0 atom stereocenters. The van der Waals surface area contributed by atoms with Gasteiger partial charge in [-0.1, -0.05) is 13.3 Å². The molecule has 6 nitrogen and oxygen atoms in total. The summed E-state index contributed by atoms with van der Waals surface area (Å²) in [6.07, 6.45) is 4.55. The Balaban J connectivity index is 0.00000336. The number of aromatic nitrogens is 1. The third-order valence-electron chi connectivity index (χ3n) is 7.19. The van der Waals surface area contributed by atoms with E-state index in [9.17, 15) is 9.90 Å². The van der Waals surface area contributed by atoms with Gasteiger partial charge < -0.3 is 19.6 Å². The number of nitrogens with zero attached hydrogens (tertiary/aromatic N) is 1. The summed E-state index contributed by atoms with van der Waals surface area (Å²) in [7, 11) is 1.63. The number of H-pyrrole nitrogens is 1. The molecule has 1 fully saturated rings. The number of fused-ring (bicyclic) bond motifs is 1. The molecule has 5 rings (SSSR count). The molecular formula is C31H35ClN2O4. The Morgan fingerprint density at radius 1 is 0.974 bits per heavy atom. The van der Waals surface area contributed by atoms with Gasteiger partial charge in [0.1, 0.15) is 23.9 Å². The maximum absolute atomic E-state index is 14.0. The number of carbonyl (C=O) groups excluding carboxylic acids is 1. The van der Waals surface area contributed by atoms with Crippen LogP contribution in [0, 0.1) is 0 Å². The standard InChI is InChI=1S/C31H34N2O4.ClH/c1-3-21-19-24(34)20-27-28(21)29(30(32-27)22-7-11-25(36-2)12-8-22)31(35)23-9-13-26(14-10-23)37-18-17-33-15-5-4-6-16-33;/h7-14,19-20,32,34H,3-6,15-18H2,1-2H3;1H. The Hall–Kier alpha value is -3.48. The van der Waals surface area contributed by atoms with E-state index in [0.717, 1.165) is 58.9 Å². The molecule has 1 aliphatic rings. The van der Waals surface area contributed by atoms with Gasteiger partial charge in [-0.05, 0) is 98.1 Å². The first kappa shape index (κ1) is 27.6. The molecule has 4 aromatic rings. The average molecular weight is 535 g/mol. The summed E-state index contributed by atoms with van der Waals surface area (Å²) in [5.41, 5.74) is 4.46. The average Bonchev–Trinajstić information content (AvgIpc) is 3.32. The number of piperidine rings is 1. The minimum absolute atomic E-state index is 0. The SMILES string of the molecule is CCc1cc(O)cc2[nH]c(-c3ccc(OC)cc3)c(C(=O)c3ccc(OCCN4CCCCC4)cc3)c12.Cl. The van der Waals surface area contributed by atoms with Crippen molar-refractivity contribution in [2.24, 2.45) is 0 Å². The van der Waals surface area contributed by atoms with Gasteiger partial charge in [0, 0.05) is 23.6 Å². The van der Waals surface area contributed by atoms with Crippen LogP contribution in [0.15, 0.2) is 60.7 Å². The highest BCUT2D eigenvalue weighted by molar-refractivity contribution is 6.21. The summed E-state index contributed by atoms with van der Waals surface area (Å²) in [5.74, 6) is 1.62. The van der Waals surface area contributed by atoms with Crippen LogP contribution in [-0.4, -0.2) is 54.1 Å². The molecule has 0 radical (unpaired) electrons. The third-order valence-corrected chi connectivity index (χ3v) is 7.19. The topological polar surface area (TPSA) is 74.8 Å². The van der Waals surface area contributed by atoms with E-state index in [1.807, 2.05) is 55.5 Å². The molecule has 0 amide bonds. The molecule has 3 aromatic carbocycles. The summed E-state index contributed by atoms with van der Waals surface area (Å²) in [6, 6.07) is 18.5. The van der Waals surface area contributed by atoms with Gasteiger partial charge in [-0.25, -0.2) is 0 Å². The second-order valence-electron chi connectivity index (χ2n) is 9.59. The summed E-state index contributed by atoms with van der Waals surface area (Å²) in [6.45, 7) is 5.89. The van der Waals surface area contributed by atoms with Gasteiger partial charge in [0.05, 0.1) is 23.9 Å². The van der Waals surface area contributed by atoms with Gasteiger partial charge in [0.25, 0.3) is 0 Å². The van der Waals surface area contributed by atoms with Crippen molar-refractivity contribution in [3.63, 3.8) is 0 Å². The van der Waals surface area contributed by atoms with E-state index in [-0.39, 0.29) is 23.9 Å². The Kier molecular flexibility index (Phi) is 8.97. The van der Waals surface area contributed by atoms with Crippen molar-refractivity contribution in [2.75, 3.05) is 33.4 Å². The van der Waals surface area contributed by atoms with Crippen molar-refractivity contribution >= 4 is 29.1 Å². The van der Waals surface area contributed by atoms with Crippen molar-refractivity contribution in [3.8, 4) is 28.5 Å². The zero-order valence-electron chi connectivity index (χ0n) is 22.0. The highest BCUT2D eigenvalue weighted by Crippen LogP contribution is 2.37. The van der Waals surface area contributed by atoms with Crippen molar-refractivity contribution in [3.05, 3.63) is 77.4 Å². The van der Waals surface area contributed by atoms with E-state index in [0.29, 0.717) is 24.2 Å². The number of ether oxygens (including phenoxy) is 2. The van der Waals surface area contributed by atoms with Gasteiger partial charge in [0.15, 0.2) is 5.78 Å². The Labute approximate surface area is 230 Å². The molecule has 2 heterocycles. The molecule has 1 saturated heterocycles. The summed E-state index contributed by atoms with van der Waals surface area (Å²) < 4.78 is 11.3. The van der Waals surface area contributed by atoms with Crippen molar-refractivity contribution in [1.29, 1.82) is 0 Å². The first-order valence-electron chi connectivity index (χ1n) is 13.1. The number of likely N-dealkylation sites (tertiary alicyclic amines) is 1. The quantitative estimate of drug-likeness (QED) is 0.236.